The van der Waals surface area contributed by atoms with Crippen LogP contribution in [0.5, 0.6) is 11.5 Å². The number of rotatable bonds is 3. The highest BCUT2D eigenvalue weighted by Crippen LogP contribution is 2.43. The van der Waals surface area contributed by atoms with E-state index < -0.39 is 17.7 Å². The highest BCUT2D eigenvalue weighted by atomic mass is 19.3. The summed E-state index contributed by atoms with van der Waals surface area (Å²) in [7, 11) is 1.35. The molecule has 1 aromatic rings. The highest BCUT2D eigenvalue weighted by Gasteiger charge is 2.46. The Morgan fingerprint density at radius 1 is 1.42 bits per heavy atom. The third-order valence-corrected chi connectivity index (χ3v) is 2.57. The summed E-state index contributed by atoms with van der Waals surface area (Å²) in [5.74, 6) is -1.01. The summed E-state index contributed by atoms with van der Waals surface area (Å²) in [6.07, 6.45) is -2.69. The molecule has 1 heterocycles. The number of benzene rings is 1. The van der Waals surface area contributed by atoms with Gasteiger partial charge in [-0.25, -0.2) is 4.79 Å². The number of para-hydroxylation sites is 1. The second-order valence-corrected chi connectivity index (χ2v) is 3.78. The fraction of sp³-hybridized carbons (Fsp3) is 0.308. The SMILES string of the molecule is CCOC(=O)C1=Cc2cccc(OC)c2OC1(F)F. The molecule has 0 aliphatic carbocycles. The monoisotopic (exact) mass is 270 g/mol. The lowest BCUT2D eigenvalue weighted by molar-refractivity contribution is -0.165. The van der Waals surface area contributed by atoms with Gasteiger partial charge in [0.1, 0.15) is 5.57 Å². The molecule has 0 aromatic heterocycles. The summed E-state index contributed by atoms with van der Waals surface area (Å²) in [6.45, 7) is 1.55. The maximum Gasteiger partial charge on any atom is 0.433 e. The van der Waals surface area contributed by atoms with Crippen LogP contribution < -0.4 is 9.47 Å². The fourth-order valence-electron chi connectivity index (χ4n) is 1.73. The lowest BCUT2D eigenvalue weighted by Crippen LogP contribution is -2.35. The minimum absolute atomic E-state index is 0.0111. The number of hydrogen-bond donors (Lipinski definition) is 0. The minimum Gasteiger partial charge on any atom is -0.493 e. The zero-order valence-corrected chi connectivity index (χ0v) is 10.4. The summed E-state index contributed by atoms with van der Waals surface area (Å²) in [4.78, 5) is 11.5. The molecule has 0 spiro atoms. The largest absolute Gasteiger partial charge is 0.493 e. The number of alkyl halides is 2. The minimum atomic E-state index is -3.74. The number of methoxy groups -OCH3 is 1. The van der Waals surface area contributed by atoms with Crippen LogP contribution in [0.4, 0.5) is 8.78 Å². The summed E-state index contributed by atoms with van der Waals surface area (Å²) < 4.78 is 41.7. The topological polar surface area (TPSA) is 44.8 Å². The van der Waals surface area contributed by atoms with Gasteiger partial charge in [-0.15, -0.1) is 0 Å². The van der Waals surface area contributed by atoms with Crippen molar-refractivity contribution >= 4 is 12.0 Å². The van der Waals surface area contributed by atoms with Gasteiger partial charge in [0.2, 0.25) is 0 Å². The van der Waals surface area contributed by atoms with Crippen LogP contribution in [-0.4, -0.2) is 25.8 Å². The Bertz CT molecular complexity index is 537. The predicted molar refractivity (Wildman–Crippen MR) is 63.2 cm³/mol. The number of ether oxygens (including phenoxy) is 3. The van der Waals surface area contributed by atoms with Gasteiger partial charge in [-0.2, -0.15) is 8.78 Å². The normalized spacial score (nSPS) is 15.9. The molecule has 0 unspecified atom stereocenters. The number of halogens is 2. The van der Waals surface area contributed by atoms with E-state index in [2.05, 4.69) is 9.47 Å². The van der Waals surface area contributed by atoms with E-state index in [9.17, 15) is 13.6 Å². The third-order valence-electron chi connectivity index (χ3n) is 2.57. The number of hydrogen-bond acceptors (Lipinski definition) is 4. The molecule has 0 fully saturated rings. The molecule has 1 aliphatic rings. The van der Waals surface area contributed by atoms with Crippen molar-refractivity contribution in [3.05, 3.63) is 29.3 Å². The Hall–Kier alpha value is -2.11. The van der Waals surface area contributed by atoms with Crippen molar-refractivity contribution in [2.45, 2.75) is 13.0 Å². The molecule has 0 amide bonds. The Kier molecular flexibility index (Phi) is 3.42. The summed E-state index contributed by atoms with van der Waals surface area (Å²) in [6, 6.07) is 4.66. The Morgan fingerprint density at radius 3 is 2.79 bits per heavy atom. The zero-order chi connectivity index (χ0) is 14.0. The molecule has 6 heteroatoms. The van der Waals surface area contributed by atoms with Crippen LogP contribution in [-0.2, 0) is 9.53 Å². The van der Waals surface area contributed by atoms with E-state index in [1.807, 2.05) is 0 Å². The van der Waals surface area contributed by atoms with E-state index >= 15 is 0 Å². The van der Waals surface area contributed by atoms with Crippen molar-refractivity contribution in [1.29, 1.82) is 0 Å². The molecular weight excluding hydrogens is 258 g/mol. The molecule has 19 heavy (non-hydrogen) atoms. The quantitative estimate of drug-likeness (QED) is 0.792. The van der Waals surface area contributed by atoms with Gasteiger partial charge in [0.15, 0.2) is 11.5 Å². The molecule has 1 aromatic carbocycles. The van der Waals surface area contributed by atoms with Crippen LogP contribution >= 0.6 is 0 Å². The van der Waals surface area contributed by atoms with Gasteiger partial charge >= 0.3 is 12.1 Å². The maximum atomic E-state index is 13.8. The van der Waals surface area contributed by atoms with Gasteiger partial charge in [0.05, 0.1) is 13.7 Å². The lowest BCUT2D eigenvalue weighted by atomic mass is 10.1. The van der Waals surface area contributed by atoms with Gasteiger partial charge < -0.3 is 14.2 Å². The summed E-state index contributed by atoms with van der Waals surface area (Å²) >= 11 is 0. The van der Waals surface area contributed by atoms with E-state index in [1.54, 1.807) is 12.1 Å². The second kappa shape index (κ2) is 4.87. The van der Waals surface area contributed by atoms with Crippen molar-refractivity contribution in [1.82, 2.24) is 0 Å². The predicted octanol–water partition coefficient (Wildman–Crippen LogP) is 2.63. The molecule has 2 rings (SSSR count). The van der Waals surface area contributed by atoms with E-state index in [1.165, 1.54) is 20.1 Å². The zero-order valence-electron chi connectivity index (χ0n) is 10.4. The molecular formula is C13H12F2O4. The van der Waals surface area contributed by atoms with Gasteiger partial charge in [-0.3, -0.25) is 0 Å². The molecule has 0 saturated carbocycles. The molecule has 0 bridgehead atoms. The first-order valence-corrected chi connectivity index (χ1v) is 5.62. The Morgan fingerprint density at radius 2 is 2.16 bits per heavy atom. The molecule has 0 N–H and O–H groups in total. The Labute approximate surface area is 108 Å². The maximum absolute atomic E-state index is 13.8. The van der Waals surface area contributed by atoms with Crippen LogP contribution in [0.15, 0.2) is 23.8 Å². The van der Waals surface area contributed by atoms with Gasteiger partial charge in [0, 0.05) is 5.56 Å². The van der Waals surface area contributed by atoms with Gasteiger partial charge in [-0.1, -0.05) is 12.1 Å². The second-order valence-electron chi connectivity index (χ2n) is 3.78. The molecule has 0 atom stereocenters. The number of esters is 1. The average molecular weight is 270 g/mol. The number of fused-ring (bicyclic) bond motifs is 1. The molecule has 1 aliphatic heterocycles. The standard InChI is InChI=1S/C13H12F2O4/c1-3-18-12(16)9-7-8-5-4-6-10(17-2)11(8)19-13(9,14)15/h4-7H,3H2,1-2H3. The summed E-state index contributed by atoms with van der Waals surface area (Å²) in [5, 5.41) is 0. The van der Waals surface area contributed by atoms with Crippen LogP contribution in [0.25, 0.3) is 6.08 Å². The van der Waals surface area contributed by atoms with Crippen molar-refractivity contribution in [2.75, 3.05) is 13.7 Å². The average Bonchev–Trinajstić information content (AvgIpc) is 2.36. The molecule has 4 nitrogen and oxygen atoms in total. The van der Waals surface area contributed by atoms with E-state index in [4.69, 9.17) is 4.74 Å². The van der Waals surface area contributed by atoms with Crippen LogP contribution in [0.3, 0.4) is 0 Å². The van der Waals surface area contributed by atoms with Crippen LogP contribution in [0, 0.1) is 0 Å². The van der Waals surface area contributed by atoms with Gasteiger partial charge in [-0.05, 0) is 19.1 Å². The van der Waals surface area contributed by atoms with E-state index in [-0.39, 0.29) is 18.1 Å². The highest BCUT2D eigenvalue weighted by molar-refractivity contribution is 5.96. The summed E-state index contributed by atoms with van der Waals surface area (Å²) in [5.41, 5.74) is -0.483. The van der Waals surface area contributed by atoms with Crippen molar-refractivity contribution < 1.29 is 27.8 Å². The molecule has 102 valence electrons. The first kappa shape index (κ1) is 13.3. The third kappa shape index (κ3) is 2.38. The van der Waals surface area contributed by atoms with E-state index in [0.29, 0.717) is 5.56 Å². The van der Waals surface area contributed by atoms with Gasteiger partial charge in [0.25, 0.3) is 0 Å². The Balaban J connectivity index is 2.50. The number of carbonyl (C=O) groups excluding carboxylic acids is 1. The van der Waals surface area contributed by atoms with Crippen molar-refractivity contribution in [3.63, 3.8) is 0 Å². The smallest absolute Gasteiger partial charge is 0.433 e. The first-order chi connectivity index (χ1) is 8.99. The number of carbonyl (C=O) groups is 1. The molecule has 0 saturated heterocycles. The van der Waals surface area contributed by atoms with Crippen LogP contribution in [0.2, 0.25) is 0 Å². The molecule has 0 radical (unpaired) electrons. The fourth-order valence-corrected chi connectivity index (χ4v) is 1.73. The van der Waals surface area contributed by atoms with Crippen molar-refractivity contribution in [3.8, 4) is 11.5 Å². The van der Waals surface area contributed by atoms with Crippen LogP contribution in [0.1, 0.15) is 12.5 Å². The lowest BCUT2D eigenvalue weighted by Gasteiger charge is -2.26. The van der Waals surface area contributed by atoms with E-state index in [0.717, 1.165) is 6.08 Å². The van der Waals surface area contributed by atoms with Crippen molar-refractivity contribution in [2.24, 2.45) is 0 Å². The first-order valence-electron chi connectivity index (χ1n) is 5.62.